The Hall–Kier alpha value is -1.76. The Labute approximate surface area is 155 Å². The van der Waals surface area contributed by atoms with Gasteiger partial charge in [-0.1, -0.05) is 36.1 Å². The van der Waals surface area contributed by atoms with Crippen LogP contribution in [-0.2, 0) is 4.79 Å². The molecule has 0 atom stereocenters. The Kier molecular flexibility index (Phi) is 5.28. The summed E-state index contributed by atoms with van der Waals surface area (Å²) >= 11 is 8.40. The average molecular weight is 374 g/mol. The fourth-order valence-corrected chi connectivity index (χ4v) is 3.98. The molecule has 1 aliphatic heterocycles. The van der Waals surface area contributed by atoms with Crippen molar-refractivity contribution >= 4 is 57.7 Å². The number of amides is 1. The van der Waals surface area contributed by atoms with Crippen LogP contribution in [0.15, 0.2) is 58.3 Å². The van der Waals surface area contributed by atoms with Crippen LogP contribution in [0.2, 0.25) is 0 Å². The molecule has 0 spiro atoms. The molecular weight excluding hydrogens is 358 g/mol. The number of carbonyl (C=O) groups excluding carboxylic acids is 1. The molecule has 0 N–H and O–H groups in total. The first-order valence-electron chi connectivity index (χ1n) is 7.18. The van der Waals surface area contributed by atoms with Crippen molar-refractivity contribution in [2.75, 3.05) is 18.3 Å². The zero-order valence-corrected chi connectivity index (χ0v) is 15.6. The normalized spacial score (nSPS) is 16.1. The molecule has 0 saturated carbocycles. The van der Waals surface area contributed by atoms with E-state index in [4.69, 9.17) is 17.0 Å². The molecule has 0 aliphatic carbocycles. The second kappa shape index (κ2) is 7.42. The molecule has 1 amide bonds. The number of carbonyl (C=O) groups is 1. The lowest BCUT2D eigenvalue weighted by atomic mass is 10.2. The van der Waals surface area contributed by atoms with Crippen LogP contribution in [0.4, 0.5) is 5.69 Å². The summed E-state index contributed by atoms with van der Waals surface area (Å²) in [4.78, 5) is 16.1. The lowest BCUT2D eigenvalue weighted by molar-refractivity contribution is -0.113. The molecule has 1 fully saturated rings. The molecule has 3 nitrogen and oxygen atoms in total. The largest absolute Gasteiger partial charge is 0.497 e. The smallest absolute Gasteiger partial charge is 0.270 e. The molecule has 1 heterocycles. The third kappa shape index (κ3) is 3.50. The molecule has 6 heteroatoms. The van der Waals surface area contributed by atoms with Crippen LogP contribution in [0.25, 0.3) is 6.08 Å². The standard InChI is InChI=1S/C18H15NO2S3/c1-21-14-7-5-13(6-8-14)19-17(20)16(24-18(19)22)11-12-3-9-15(23-2)10-4-12/h3-11H,1-2H3. The Bertz CT molecular complexity index is 798. The van der Waals surface area contributed by atoms with Crippen molar-refractivity contribution in [3.8, 4) is 5.75 Å². The number of thioether (sulfide) groups is 2. The highest BCUT2D eigenvalue weighted by Gasteiger charge is 2.33. The van der Waals surface area contributed by atoms with Gasteiger partial charge in [-0.05, 0) is 54.3 Å². The Balaban J connectivity index is 1.85. The molecule has 0 aromatic heterocycles. The van der Waals surface area contributed by atoms with E-state index in [0.717, 1.165) is 17.0 Å². The summed E-state index contributed by atoms with van der Waals surface area (Å²) in [5, 5.41) is 0. The second-order valence-corrected chi connectivity index (χ2v) is 7.54. The highest BCUT2D eigenvalue weighted by Crippen LogP contribution is 2.36. The first-order chi connectivity index (χ1) is 11.6. The third-order valence-corrected chi connectivity index (χ3v) is 5.58. The van der Waals surface area contributed by atoms with Crippen LogP contribution in [0, 0.1) is 0 Å². The molecule has 1 aliphatic rings. The van der Waals surface area contributed by atoms with Crippen molar-refractivity contribution in [1.29, 1.82) is 0 Å². The molecule has 3 rings (SSSR count). The molecule has 122 valence electrons. The van der Waals surface area contributed by atoms with Crippen LogP contribution in [0.3, 0.4) is 0 Å². The maximum atomic E-state index is 12.7. The van der Waals surface area contributed by atoms with Gasteiger partial charge in [-0.2, -0.15) is 0 Å². The number of methoxy groups -OCH3 is 1. The first kappa shape index (κ1) is 17.1. The van der Waals surface area contributed by atoms with Crippen molar-refractivity contribution in [1.82, 2.24) is 0 Å². The SMILES string of the molecule is COc1ccc(N2C(=O)C(=Cc3ccc(SC)cc3)SC2=S)cc1. The minimum Gasteiger partial charge on any atom is -0.497 e. The number of ether oxygens (including phenoxy) is 1. The zero-order chi connectivity index (χ0) is 17.1. The molecule has 24 heavy (non-hydrogen) atoms. The number of benzene rings is 2. The van der Waals surface area contributed by atoms with Crippen molar-refractivity contribution in [3.05, 3.63) is 59.0 Å². The number of thiocarbonyl (C=S) groups is 1. The van der Waals surface area contributed by atoms with Crippen molar-refractivity contribution in [2.24, 2.45) is 0 Å². The van der Waals surface area contributed by atoms with Crippen LogP contribution < -0.4 is 9.64 Å². The van der Waals surface area contributed by atoms with Crippen molar-refractivity contribution < 1.29 is 9.53 Å². The van der Waals surface area contributed by atoms with Gasteiger partial charge in [-0.25, -0.2) is 0 Å². The maximum absolute atomic E-state index is 12.7. The van der Waals surface area contributed by atoms with Crippen molar-refractivity contribution in [3.63, 3.8) is 0 Å². The van der Waals surface area contributed by atoms with Crippen LogP contribution in [-0.4, -0.2) is 23.6 Å². The summed E-state index contributed by atoms with van der Waals surface area (Å²) in [6, 6.07) is 15.4. The van der Waals surface area contributed by atoms with Gasteiger partial charge < -0.3 is 4.74 Å². The van der Waals surface area contributed by atoms with Crippen LogP contribution in [0.1, 0.15) is 5.56 Å². The van der Waals surface area contributed by atoms with Gasteiger partial charge in [0.1, 0.15) is 5.75 Å². The number of nitrogens with zero attached hydrogens (tertiary/aromatic N) is 1. The minimum atomic E-state index is -0.0934. The van der Waals surface area contributed by atoms with Gasteiger partial charge >= 0.3 is 0 Å². The highest BCUT2D eigenvalue weighted by molar-refractivity contribution is 8.27. The fraction of sp³-hybridized carbons (Fsp3) is 0.111. The predicted octanol–water partition coefficient (Wildman–Crippen LogP) is 4.82. The zero-order valence-electron chi connectivity index (χ0n) is 13.2. The van der Waals surface area contributed by atoms with Gasteiger partial charge in [0, 0.05) is 4.90 Å². The number of rotatable bonds is 4. The van der Waals surface area contributed by atoms with E-state index in [9.17, 15) is 4.79 Å². The molecule has 1 saturated heterocycles. The fourth-order valence-electron chi connectivity index (χ4n) is 2.27. The lowest BCUT2D eigenvalue weighted by Crippen LogP contribution is -2.27. The number of hydrogen-bond donors (Lipinski definition) is 0. The Morgan fingerprint density at radius 2 is 1.79 bits per heavy atom. The molecule has 0 bridgehead atoms. The van der Waals surface area contributed by atoms with Crippen LogP contribution in [0.5, 0.6) is 5.75 Å². The Morgan fingerprint density at radius 1 is 1.12 bits per heavy atom. The maximum Gasteiger partial charge on any atom is 0.270 e. The predicted molar refractivity (Wildman–Crippen MR) is 107 cm³/mol. The van der Waals surface area contributed by atoms with Gasteiger partial charge in [-0.3, -0.25) is 9.69 Å². The molecular formula is C18H15NO2S3. The number of hydrogen-bond acceptors (Lipinski definition) is 5. The summed E-state index contributed by atoms with van der Waals surface area (Å²) in [7, 11) is 1.61. The van der Waals surface area contributed by atoms with Gasteiger partial charge in [0.15, 0.2) is 4.32 Å². The molecule has 2 aromatic carbocycles. The summed E-state index contributed by atoms with van der Waals surface area (Å²) < 4.78 is 5.69. The van der Waals surface area contributed by atoms with Gasteiger partial charge in [0.05, 0.1) is 17.7 Å². The topological polar surface area (TPSA) is 29.5 Å². The van der Waals surface area contributed by atoms with E-state index in [1.54, 1.807) is 23.8 Å². The lowest BCUT2D eigenvalue weighted by Gasteiger charge is -2.14. The highest BCUT2D eigenvalue weighted by atomic mass is 32.2. The summed E-state index contributed by atoms with van der Waals surface area (Å²) in [6.07, 6.45) is 3.92. The van der Waals surface area contributed by atoms with Gasteiger partial charge in [0.25, 0.3) is 5.91 Å². The van der Waals surface area contributed by atoms with E-state index in [1.807, 2.05) is 60.9 Å². The Morgan fingerprint density at radius 3 is 2.38 bits per heavy atom. The van der Waals surface area contributed by atoms with Gasteiger partial charge in [0.2, 0.25) is 0 Å². The first-order valence-corrected chi connectivity index (χ1v) is 9.63. The van der Waals surface area contributed by atoms with Crippen molar-refractivity contribution in [2.45, 2.75) is 4.90 Å². The number of anilines is 1. The van der Waals surface area contributed by atoms with Crippen LogP contribution >= 0.6 is 35.7 Å². The van der Waals surface area contributed by atoms with E-state index in [-0.39, 0.29) is 5.91 Å². The quantitative estimate of drug-likeness (QED) is 0.435. The molecule has 0 radical (unpaired) electrons. The molecule has 0 unspecified atom stereocenters. The second-order valence-electron chi connectivity index (χ2n) is 4.99. The summed E-state index contributed by atoms with van der Waals surface area (Å²) in [6.45, 7) is 0. The summed E-state index contributed by atoms with van der Waals surface area (Å²) in [5.41, 5.74) is 1.74. The third-order valence-electron chi connectivity index (χ3n) is 3.54. The summed E-state index contributed by atoms with van der Waals surface area (Å²) in [5.74, 6) is 0.651. The minimum absolute atomic E-state index is 0.0934. The van der Waals surface area contributed by atoms with E-state index in [0.29, 0.717) is 9.23 Å². The van der Waals surface area contributed by atoms with E-state index in [1.165, 1.54) is 16.7 Å². The van der Waals surface area contributed by atoms with E-state index >= 15 is 0 Å². The van der Waals surface area contributed by atoms with Gasteiger partial charge in [-0.15, -0.1) is 11.8 Å². The van der Waals surface area contributed by atoms with E-state index < -0.39 is 0 Å². The van der Waals surface area contributed by atoms with E-state index in [2.05, 4.69) is 0 Å². The monoisotopic (exact) mass is 373 g/mol. The molecule has 2 aromatic rings. The average Bonchev–Trinajstić information content (AvgIpc) is 2.89.